The van der Waals surface area contributed by atoms with Crippen molar-refractivity contribution in [1.29, 1.82) is 0 Å². The van der Waals surface area contributed by atoms with Crippen LogP contribution < -0.4 is 19.5 Å². The van der Waals surface area contributed by atoms with Gasteiger partial charge in [0.2, 0.25) is 5.75 Å². The highest BCUT2D eigenvalue weighted by Gasteiger charge is 2.17. The van der Waals surface area contributed by atoms with Crippen LogP contribution >= 0.6 is 11.3 Å². The van der Waals surface area contributed by atoms with E-state index in [1.54, 1.807) is 32.7 Å². The Labute approximate surface area is 152 Å². The van der Waals surface area contributed by atoms with E-state index in [1.165, 1.54) is 0 Å². The minimum absolute atomic E-state index is 0.342. The Morgan fingerprint density at radius 1 is 1.20 bits per heavy atom. The number of hydrogen-bond acceptors (Lipinski definition) is 7. The van der Waals surface area contributed by atoms with Crippen molar-refractivity contribution in [2.45, 2.75) is 25.5 Å². The zero-order valence-corrected chi connectivity index (χ0v) is 15.6. The van der Waals surface area contributed by atoms with Crippen LogP contribution in [-0.4, -0.2) is 45.6 Å². The summed E-state index contributed by atoms with van der Waals surface area (Å²) in [6, 6.07) is 3.89. The molecule has 1 aliphatic rings. The minimum Gasteiger partial charge on any atom is -0.493 e. The fourth-order valence-electron chi connectivity index (χ4n) is 2.89. The van der Waals surface area contributed by atoms with Gasteiger partial charge in [-0.1, -0.05) is 0 Å². The molecule has 0 bridgehead atoms. The van der Waals surface area contributed by atoms with Crippen LogP contribution in [0.25, 0.3) is 10.4 Å². The maximum Gasteiger partial charge on any atom is 0.203 e. The molecule has 2 aromatic rings. The van der Waals surface area contributed by atoms with Crippen molar-refractivity contribution >= 4 is 11.3 Å². The van der Waals surface area contributed by atoms with E-state index in [-0.39, 0.29) is 0 Å². The molecule has 1 aliphatic heterocycles. The largest absolute Gasteiger partial charge is 0.493 e. The van der Waals surface area contributed by atoms with Crippen molar-refractivity contribution in [1.82, 2.24) is 10.3 Å². The summed E-state index contributed by atoms with van der Waals surface area (Å²) < 4.78 is 21.8. The van der Waals surface area contributed by atoms with Crippen molar-refractivity contribution in [2.24, 2.45) is 0 Å². The second kappa shape index (κ2) is 8.51. The van der Waals surface area contributed by atoms with Crippen LogP contribution in [0.3, 0.4) is 0 Å². The van der Waals surface area contributed by atoms with Gasteiger partial charge in [0.25, 0.3) is 0 Å². The van der Waals surface area contributed by atoms with Gasteiger partial charge in [0.1, 0.15) is 5.01 Å². The zero-order valence-electron chi connectivity index (χ0n) is 14.8. The number of methoxy groups -OCH3 is 3. The first-order chi connectivity index (χ1) is 12.2. The lowest BCUT2D eigenvalue weighted by atomic mass is 10.1. The predicted octanol–water partition coefficient (Wildman–Crippen LogP) is 3.10. The lowest BCUT2D eigenvalue weighted by molar-refractivity contribution is 0.110. The molecule has 6 nitrogen and oxygen atoms in total. The number of thiazole rings is 1. The number of ether oxygens (including phenoxy) is 4. The van der Waals surface area contributed by atoms with Crippen LogP contribution in [0.15, 0.2) is 18.3 Å². The average Bonchev–Trinajstić information content (AvgIpc) is 3.32. The molecule has 1 aromatic heterocycles. The molecule has 7 heteroatoms. The van der Waals surface area contributed by atoms with Gasteiger partial charge in [-0.25, -0.2) is 4.98 Å². The summed E-state index contributed by atoms with van der Waals surface area (Å²) >= 11 is 1.65. The molecule has 2 heterocycles. The molecule has 25 heavy (non-hydrogen) atoms. The molecule has 1 fully saturated rings. The Balaban J connectivity index is 1.70. The van der Waals surface area contributed by atoms with Crippen molar-refractivity contribution < 1.29 is 18.9 Å². The lowest BCUT2D eigenvalue weighted by Gasteiger charge is -2.13. The molecule has 0 radical (unpaired) electrons. The van der Waals surface area contributed by atoms with Crippen LogP contribution in [0.2, 0.25) is 0 Å². The van der Waals surface area contributed by atoms with Crippen LogP contribution in [0.1, 0.15) is 17.8 Å². The maximum atomic E-state index is 5.62. The van der Waals surface area contributed by atoms with Crippen molar-refractivity contribution in [3.63, 3.8) is 0 Å². The fraction of sp³-hybridized carbons (Fsp3) is 0.500. The van der Waals surface area contributed by atoms with Gasteiger partial charge in [-0.3, -0.25) is 0 Å². The molecule has 0 amide bonds. The normalized spacial score (nSPS) is 16.8. The lowest BCUT2D eigenvalue weighted by Crippen LogP contribution is -2.25. The van der Waals surface area contributed by atoms with E-state index in [9.17, 15) is 0 Å². The van der Waals surface area contributed by atoms with Crippen LogP contribution in [0.4, 0.5) is 0 Å². The predicted molar refractivity (Wildman–Crippen MR) is 97.9 cm³/mol. The number of nitrogens with one attached hydrogen (secondary N) is 1. The van der Waals surface area contributed by atoms with E-state index < -0.39 is 0 Å². The van der Waals surface area contributed by atoms with Gasteiger partial charge in [-0.05, 0) is 25.0 Å². The molecule has 0 aliphatic carbocycles. The number of hydrogen-bond donors (Lipinski definition) is 1. The third-order valence-electron chi connectivity index (χ3n) is 4.18. The Morgan fingerprint density at radius 2 is 1.96 bits per heavy atom. The summed E-state index contributed by atoms with van der Waals surface area (Å²) in [5, 5.41) is 4.47. The first kappa shape index (κ1) is 18.0. The molecule has 0 saturated carbocycles. The van der Waals surface area contributed by atoms with E-state index >= 15 is 0 Å². The number of rotatable bonds is 8. The summed E-state index contributed by atoms with van der Waals surface area (Å²) in [7, 11) is 4.84. The first-order valence-corrected chi connectivity index (χ1v) is 9.14. The molecule has 1 aromatic carbocycles. The third kappa shape index (κ3) is 4.23. The second-order valence-corrected chi connectivity index (χ2v) is 6.91. The number of aromatic nitrogens is 1. The summed E-state index contributed by atoms with van der Waals surface area (Å²) in [6.45, 7) is 2.50. The van der Waals surface area contributed by atoms with Crippen molar-refractivity contribution in [3.8, 4) is 27.7 Å². The topological polar surface area (TPSA) is 61.8 Å². The molecule has 0 spiro atoms. The maximum absolute atomic E-state index is 5.62. The zero-order chi connectivity index (χ0) is 17.6. The van der Waals surface area contributed by atoms with Gasteiger partial charge < -0.3 is 24.3 Å². The Hall–Kier alpha value is -1.83. The molecule has 1 unspecified atom stereocenters. The van der Waals surface area contributed by atoms with Crippen LogP contribution in [-0.2, 0) is 11.3 Å². The van der Waals surface area contributed by atoms with Gasteiger partial charge in [0.15, 0.2) is 11.5 Å². The average molecular weight is 364 g/mol. The van der Waals surface area contributed by atoms with E-state index in [0.717, 1.165) is 48.0 Å². The Kier molecular flexibility index (Phi) is 6.12. The molecule has 1 atom stereocenters. The molecular weight excluding hydrogens is 340 g/mol. The van der Waals surface area contributed by atoms with Gasteiger partial charge in [0.05, 0.1) is 32.3 Å². The van der Waals surface area contributed by atoms with E-state index in [1.807, 2.05) is 18.3 Å². The summed E-state index contributed by atoms with van der Waals surface area (Å²) in [5.74, 6) is 1.88. The minimum atomic E-state index is 0.342. The van der Waals surface area contributed by atoms with Gasteiger partial charge in [-0.2, -0.15) is 0 Å². The molecule has 3 rings (SSSR count). The molecular formula is C18H24N2O4S. The van der Waals surface area contributed by atoms with Gasteiger partial charge in [-0.15, -0.1) is 11.3 Å². The summed E-state index contributed by atoms with van der Waals surface area (Å²) in [6.07, 6.45) is 4.53. The highest BCUT2D eigenvalue weighted by Crippen LogP contribution is 2.42. The van der Waals surface area contributed by atoms with E-state index in [2.05, 4.69) is 10.3 Å². The SMILES string of the molecule is COc1cc(-c2cnc(CNCC3CCCO3)s2)cc(OC)c1OC. The number of benzene rings is 1. The molecule has 1 N–H and O–H groups in total. The quantitative estimate of drug-likeness (QED) is 0.777. The highest BCUT2D eigenvalue weighted by molar-refractivity contribution is 7.15. The molecule has 1 saturated heterocycles. The monoisotopic (exact) mass is 364 g/mol. The summed E-state index contributed by atoms with van der Waals surface area (Å²) in [4.78, 5) is 5.58. The smallest absolute Gasteiger partial charge is 0.203 e. The highest BCUT2D eigenvalue weighted by atomic mass is 32.1. The third-order valence-corrected chi connectivity index (χ3v) is 5.22. The fourth-order valence-corrected chi connectivity index (χ4v) is 3.77. The van der Waals surface area contributed by atoms with E-state index in [4.69, 9.17) is 18.9 Å². The Morgan fingerprint density at radius 3 is 2.56 bits per heavy atom. The van der Waals surface area contributed by atoms with Gasteiger partial charge in [0, 0.05) is 31.5 Å². The van der Waals surface area contributed by atoms with E-state index in [0.29, 0.717) is 23.4 Å². The van der Waals surface area contributed by atoms with Gasteiger partial charge >= 0.3 is 0 Å². The van der Waals surface area contributed by atoms with Crippen LogP contribution in [0, 0.1) is 0 Å². The summed E-state index contributed by atoms with van der Waals surface area (Å²) in [5.41, 5.74) is 0.998. The van der Waals surface area contributed by atoms with Crippen molar-refractivity contribution in [3.05, 3.63) is 23.3 Å². The van der Waals surface area contributed by atoms with Crippen molar-refractivity contribution in [2.75, 3.05) is 34.5 Å². The Bertz CT molecular complexity index is 673. The second-order valence-electron chi connectivity index (χ2n) is 5.80. The first-order valence-electron chi connectivity index (χ1n) is 8.32. The van der Waals surface area contributed by atoms with Crippen LogP contribution in [0.5, 0.6) is 17.2 Å². The molecule has 136 valence electrons. The standard InChI is InChI=1S/C18H24N2O4S/c1-21-14-7-12(8-15(22-2)18(14)23-3)16-10-20-17(25-16)11-19-9-13-5-4-6-24-13/h7-8,10,13,19H,4-6,9,11H2,1-3H3. The number of nitrogens with zero attached hydrogens (tertiary/aromatic N) is 1.